The van der Waals surface area contributed by atoms with Gasteiger partial charge in [-0.15, -0.1) is 0 Å². The molecule has 0 aliphatic carbocycles. The van der Waals surface area contributed by atoms with Crippen LogP contribution in [0, 0.1) is 5.82 Å². The lowest BCUT2D eigenvalue weighted by Crippen LogP contribution is -2.09. The van der Waals surface area contributed by atoms with Crippen molar-refractivity contribution in [2.24, 2.45) is 0 Å². The van der Waals surface area contributed by atoms with Gasteiger partial charge in [0.1, 0.15) is 5.82 Å². The molecule has 1 atom stereocenters. The van der Waals surface area contributed by atoms with Gasteiger partial charge in [-0.1, -0.05) is 12.1 Å². The van der Waals surface area contributed by atoms with Gasteiger partial charge in [-0.3, -0.25) is 4.79 Å². The van der Waals surface area contributed by atoms with Crippen LogP contribution < -0.4 is 10.6 Å². The van der Waals surface area contributed by atoms with Crippen LogP contribution in [-0.2, 0) is 4.79 Å². The Kier molecular flexibility index (Phi) is 4.96. The molecule has 0 spiro atoms. The van der Waals surface area contributed by atoms with Crippen molar-refractivity contribution in [2.45, 2.75) is 19.9 Å². The molecule has 0 saturated carbocycles. The predicted octanol–water partition coefficient (Wildman–Crippen LogP) is 4.72. The van der Waals surface area contributed by atoms with Crippen molar-refractivity contribution in [3.05, 3.63) is 58.3 Å². The van der Waals surface area contributed by atoms with Crippen LogP contribution in [0.15, 0.2) is 46.9 Å². The number of hydrogen-bond acceptors (Lipinski definition) is 2. The lowest BCUT2D eigenvalue weighted by atomic mass is 10.1. The fraction of sp³-hybridized carbons (Fsp3) is 0.188. The maximum Gasteiger partial charge on any atom is 0.221 e. The molecule has 5 heteroatoms. The molecule has 0 aliphatic heterocycles. The van der Waals surface area contributed by atoms with Crippen molar-refractivity contribution >= 4 is 33.2 Å². The average Bonchev–Trinajstić information content (AvgIpc) is 2.41. The third kappa shape index (κ3) is 4.29. The van der Waals surface area contributed by atoms with Crippen LogP contribution in [-0.4, -0.2) is 5.91 Å². The van der Waals surface area contributed by atoms with E-state index in [0.717, 1.165) is 16.9 Å². The van der Waals surface area contributed by atoms with Crippen molar-refractivity contribution < 1.29 is 9.18 Å². The Morgan fingerprint density at radius 3 is 2.57 bits per heavy atom. The van der Waals surface area contributed by atoms with E-state index in [4.69, 9.17) is 0 Å². The van der Waals surface area contributed by atoms with Crippen LogP contribution in [0.2, 0.25) is 0 Å². The minimum atomic E-state index is -0.279. The molecule has 3 nitrogen and oxygen atoms in total. The van der Waals surface area contributed by atoms with Crippen LogP contribution >= 0.6 is 15.9 Å². The number of rotatable bonds is 4. The van der Waals surface area contributed by atoms with E-state index in [-0.39, 0.29) is 17.8 Å². The van der Waals surface area contributed by atoms with Crippen LogP contribution in [0.4, 0.5) is 15.8 Å². The summed E-state index contributed by atoms with van der Waals surface area (Å²) in [7, 11) is 0. The zero-order valence-corrected chi connectivity index (χ0v) is 13.4. The fourth-order valence-corrected chi connectivity index (χ4v) is 2.40. The molecule has 110 valence electrons. The van der Waals surface area contributed by atoms with Crippen molar-refractivity contribution in [3.63, 3.8) is 0 Å². The summed E-state index contributed by atoms with van der Waals surface area (Å²) >= 11 is 3.19. The molecule has 0 fully saturated rings. The van der Waals surface area contributed by atoms with E-state index >= 15 is 0 Å². The van der Waals surface area contributed by atoms with Crippen molar-refractivity contribution in [2.75, 3.05) is 10.6 Å². The quantitative estimate of drug-likeness (QED) is 0.837. The maximum absolute atomic E-state index is 13.3. The lowest BCUT2D eigenvalue weighted by Gasteiger charge is -2.17. The van der Waals surface area contributed by atoms with E-state index in [1.165, 1.54) is 13.0 Å². The highest BCUT2D eigenvalue weighted by atomic mass is 79.9. The molecule has 0 radical (unpaired) electrons. The fourth-order valence-electron chi connectivity index (χ4n) is 2.01. The van der Waals surface area contributed by atoms with Crippen LogP contribution in [0.1, 0.15) is 25.5 Å². The summed E-state index contributed by atoms with van der Waals surface area (Å²) in [6.45, 7) is 3.46. The molecule has 0 saturated heterocycles. The summed E-state index contributed by atoms with van der Waals surface area (Å²) in [5, 5.41) is 6.06. The topological polar surface area (TPSA) is 41.1 Å². The zero-order valence-electron chi connectivity index (χ0n) is 11.8. The number of carbonyl (C=O) groups excluding carboxylic acids is 1. The van der Waals surface area contributed by atoms with Crippen molar-refractivity contribution in [1.82, 2.24) is 0 Å². The van der Waals surface area contributed by atoms with Crippen LogP contribution in [0.25, 0.3) is 0 Å². The highest BCUT2D eigenvalue weighted by Gasteiger charge is 2.08. The van der Waals surface area contributed by atoms with E-state index < -0.39 is 0 Å². The van der Waals surface area contributed by atoms with Gasteiger partial charge in [0.15, 0.2) is 0 Å². The van der Waals surface area contributed by atoms with E-state index in [9.17, 15) is 9.18 Å². The second-order valence-corrected chi connectivity index (χ2v) is 5.66. The molecular weight excluding hydrogens is 335 g/mol. The Labute approximate surface area is 131 Å². The van der Waals surface area contributed by atoms with Crippen LogP contribution in [0.3, 0.4) is 0 Å². The number of nitrogens with one attached hydrogen (secondary N) is 2. The smallest absolute Gasteiger partial charge is 0.221 e. The normalized spacial score (nSPS) is 11.8. The van der Waals surface area contributed by atoms with Gasteiger partial charge < -0.3 is 10.6 Å². The number of carbonyl (C=O) groups is 1. The molecule has 1 amide bonds. The van der Waals surface area contributed by atoms with E-state index in [0.29, 0.717) is 4.47 Å². The second kappa shape index (κ2) is 6.72. The van der Waals surface area contributed by atoms with Gasteiger partial charge in [-0.05, 0) is 58.7 Å². The number of amides is 1. The lowest BCUT2D eigenvalue weighted by molar-refractivity contribution is -0.114. The standard InChI is InChI=1S/C16H16BrFN2O/c1-10(12-6-7-16(18)15(17)8-12)19-13-4-3-5-14(9-13)20-11(2)21/h3-10,19H,1-2H3,(H,20,21). The number of anilines is 2. The second-order valence-electron chi connectivity index (χ2n) is 4.80. The molecule has 2 aromatic carbocycles. The molecule has 0 aliphatic rings. The first-order valence-corrected chi connectivity index (χ1v) is 7.34. The summed E-state index contributed by atoms with van der Waals surface area (Å²) < 4.78 is 13.7. The Morgan fingerprint density at radius 2 is 1.90 bits per heavy atom. The summed E-state index contributed by atoms with van der Waals surface area (Å²) in [4.78, 5) is 11.1. The van der Waals surface area contributed by atoms with Gasteiger partial charge >= 0.3 is 0 Å². The zero-order chi connectivity index (χ0) is 15.4. The van der Waals surface area contributed by atoms with Gasteiger partial charge in [-0.25, -0.2) is 4.39 Å². The molecule has 0 aromatic heterocycles. The highest BCUT2D eigenvalue weighted by molar-refractivity contribution is 9.10. The molecule has 0 bridgehead atoms. The third-order valence-corrected chi connectivity index (χ3v) is 3.62. The number of benzene rings is 2. The first-order valence-electron chi connectivity index (χ1n) is 6.55. The largest absolute Gasteiger partial charge is 0.378 e. The van der Waals surface area contributed by atoms with E-state index in [2.05, 4.69) is 26.6 Å². The van der Waals surface area contributed by atoms with Gasteiger partial charge in [0.25, 0.3) is 0 Å². The molecular formula is C16H16BrFN2O. The third-order valence-electron chi connectivity index (χ3n) is 3.01. The molecule has 0 heterocycles. The Morgan fingerprint density at radius 1 is 1.19 bits per heavy atom. The van der Waals surface area contributed by atoms with Crippen molar-refractivity contribution in [1.29, 1.82) is 0 Å². The van der Waals surface area contributed by atoms with E-state index in [1.54, 1.807) is 12.1 Å². The highest BCUT2D eigenvalue weighted by Crippen LogP contribution is 2.25. The minimum Gasteiger partial charge on any atom is -0.378 e. The summed E-state index contributed by atoms with van der Waals surface area (Å²) in [6.07, 6.45) is 0. The Balaban J connectivity index is 2.13. The van der Waals surface area contributed by atoms with Gasteiger partial charge in [0.05, 0.1) is 4.47 Å². The van der Waals surface area contributed by atoms with E-state index in [1.807, 2.05) is 31.2 Å². The summed E-state index contributed by atoms with van der Waals surface area (Å²) in [5.41, 5.74) is 2.59. The van der Waals surface area contributed by atoms with Gasteiger partial charge in [-0.2, -0.15) is 0 Å². The number of hydrogen-bond donors (Lipinski definition) is 2. The monoisotopic (exact) mass is 350 g/mol. The maximum atomic E-state index is 13.3. The SMILES string of the molecule is CC(=O)Nc1cccc(NC(C)c2ccc(F)c(Br)c2)c1. The van der Waals surface area contributed by atoms with Gasteiger partial charge in [0, 0.05) is 24.3 Å². The molecule has 1 unspecified atom stereocenters. The van der Waals surface area contributed by atoms with Gasteiger partial charge in [0.2, 0.25) is 5.91 Å². The first kappa shape index (κ1) is 15.5. The average molecular weight is 351 g/mol. The minimum absolute atomic E-state index is 0.00878. The molecule has 2 rings (SSSR count). The summed E-state index contributed by atoms with van der Waals surface area (Å²) in [5.74, 6) is -0.388. The first-order chi connectivity index (χ1) is 9.95. The van der Waals surface area contributed by atoms with Crippen LogP contribution in [0.5, 0.6) is 0 Å². The Bertz CT molecular complexity index is 660. The number of halogens is 2. The predicted molar refractivity (Wildman–Crippen MR) is 86.9 cm³/mol. The molecule has 2 N–H and O–H groups in total. The molecule has 21 heavy (non-hydrogen) atoms. The summed E-state index contributed by atoms with van der Waals surface area (Å²) in [6, 6.07) is 12.4. The molecule has 2 aromatic rings. The van der Waals surface area contributed by atoms with Crippen molar-refractivity contribution in [3.8, 4) is 0 Å². The Hall–Kier alpha value is -1.88.